The first-order valence-electron chi connectivity index (χ1n) is 10.1. The first kappa shape index (κ1) is 19.6. The molecule has 0 aliphatic carbocycles. The molecule has 0 unspecified atom stereocenters. The number of hydrogen-bond donors (Lipinski definition) is 2. The quantitative estimate of drug-likeness (QED) is 0.414. The molecule has 0 spiro atoms. The molecule has 3 heterocycles. The summed E-state index contributed by atoms with van der Waals surface area (Å²) in [5, 5.41) is 13.5. The lowest BCUT2D eigenvalue weighted by atomic mass is 10.1. The fraction of sp³-hybridized carbons (Fsp3) is 0.250. The lowest BCUT2D eigenvalue weighted by molar-refractivity contribution is 0.0723. The number of β-amino-alcohol motifs (C(OH)–C–C–N with tert-alkyl or cyclic N) is 1. The molecule has 2 N–H and O–H groups in total. The summed E-state index contributed by atoms with van der Waals surface area (Å²) in [6.45, 7) is 2.67. The Morgan fingerprint density at radius 2 is 2.13 bits per heavy atom. The molecule has 6 heteroatoms. The molecule has 4 nitrogen and oxygen atoms in total. The zero-order valence-corrected chi connectivity index (χ0v) is 18.0. The predicted octanol–water partition coefficient (Wildman–Crippen LogP) is 5.57. The summed E-state index contributed by atoms with van der Waals surface area (Å²) in [5.74, 6) is 0.804. The number of ether oxygens (including phenoxy) is 1. The number of thiophene rings is 1. The van der Waals surface area contributed by atoms with Gasteiger partial charge in [-0.2, -0.15) is 0 Å². The van der Waals surface area contributed by atoms with Crippen LogP contribution in [0.25, 0.3) is 26.6 Å². The van der Waals surface area contributed by atoms with E-state index in [1.807, 2.05) is 53.9 Å². The van der Waals surface area contributed by atoms with E-state index in [1.165, 1.54) is 20.5 Å². The van der Waals surface area contributed by atoms with Gasteiger partial charge in [0, 0.05) is 51.3 Å². The van der Waals surface area contributed by atoms with Crippen LogP contribution in [0.1, 0.15) is 11.3 Å². The van der Waals surface area contributed by atoms with E-state index in [1.54, 1.807) is 0 Å². The minimum absolute atomic E-state index is 0.286. The van der Waals surface area contributed by atoms with Gasteiger partial charge in [0.2, 0.25) is 0 Å². The van der Waals surface area contributed by atoms with Crippen molar-refractivity contribution in [3.63, 3.8) is 0 Å². The van der Waals surface area contributed by atoms with Gasteiger partial charge in [0.25, 0.3) is 0 Å². The van der Waals surface area contributed by atoms with Crippen molar-refractivity contribution in [3.8, 4) is 5.75 Å². The molecule has 2 aromatic heterocycles. The molecule has 0 fully saturated rings. The Balaban J connectivity index is 1.18. The van der Waals surface area contributed by atoms with Crippen LogP contribution < -0.4 is 4.74 Å². The average molecular weight is 439 g/mol. The molecular weight excluding hydrogens is 416 g/mol. The van der Waals surface area contributed by atoms with E-state index in [9.17, 15) is 5.11 Å². The topological polar surface area (TPSA) is 48.5 Å². The molecule has 0 bridgehead atoms. The summed E-state index contributed by atoms with van der Waals surface area (Å²) in [5.41, 5.74) is 2.42. The fourth-order valence-corrected chi connectivity index (χ4v) is 5.28. The fourth-order valence-electron chi connectivity index (χ4n) is 3.99. The van der Waals surface area contributed by atoms with Crippen molar-refractivity contribution >= 4 is 49.5 Å². The highest BCUT2D eigenvalue weighted by molar-refractivity contribution is 7.20. The minimum Gasteiger partial charge on any atom is -0.490 e. The number of aliphatic hydroxyl groups excluding tert-OH is 1. The third kappa shape index (κ3) is 4.12. The normalized spacial score (nSPS) is 16.1. The lowest BCUT2D eigenvalue weighted by Gasteiger charge is -2.28. The second-order valence-electron chi connectivity index (χ2n) is 7.69. The molecule has 30 heavy (non-hydrogen) atoms. The molecule has 4 aromatic rings. The third-order valence-electron chi connectivity index (χ3n) is 5.54. The van der Waals surface area contributed by atoms with Crippen molar-refractivity contribution in [2.75, 3.05) is 26.2 Å². The Hall–Kier alpha value is -2.31. The van der Waals surface area contributed by atoms with E-state index < -0.39 is 6.10 Å². The SMILES string of the molecule is O[C@H](COc1cccc2[nH]ccc12)CN1CC=C(c2cc3cc(Cl)ccc3s2)CC1. The Kier molecular flexibility index (Phi) is 5.52. The molecule has 154 valence electrons. The zero-order chi connectivity index (χ0) is 20.5. The van der Waals surface area contributed by atoms with Gasteiger partial charge in [0.1, 0.15) is 18.5 Å². The van der Waals surface area contributed by atoms with Crippen molar-refractivity contribution in [1.82, 2.24) is 9.88 Å². The van der Waals surface area contributed by atoms with Crippen molar-refractivity contribution in [2.24, 2.45) is 0 Å². The predicted molar refractivity (Wildman–Crippen MR) is 126 cm³/mol. The number of nitrogens with one attached hydrogen (secondary N) is 1. The first-order chi connectivity index (χ1) is 14.7. The maximum atomic E-state index is 10.5. The number of rotatable bonds is 6. The number of benzene rings is 2. The van der Waals surface area contributed by atoms with Gasteiger partial charge in [-0.25, -0.2) is 0 Å². The molecule has 0 amide bonds. The molecule has 1 aliphatic rings. The second kappa shape index (κ2) is 8.44. The van der Waals surface area contributed by atoms with Gasteiger partial charge >= 0.3 is 0 Å². The number of hydrogen-bond acceptors (Lipinski definition) is 4. The van der Waals surface area contributed by atoms with E-state index in [0.29, 0.717) is 6.54 Å². The van der Waals surface area contributed by atoms with Crippen LogP contribution in [0.3, 0.4) is 0 Å². The van der Waals surface area contributed by atoms with Crippen LogP contribution in [-0.2, 0) is 0 Å². The molecule has 0 saturated carbocycles. The maximum absolute atomic E-state index is 10.5. The second-order valence-corrected chi connectivity index (χ2v) is 9.21. The largest absolute Gasteiger partial charge is 0.490 e. The molecule has 0 radical (unpaired) electrons. The third-order valence-corrected chi connectivity index (χ3v) is 6.97. The number of aliphatic hydroxyl groups is 1. The van der Waals surface area contributed by atoms with E-state index in [0.717, 1.165) is 41.2 Å². The number of fused-ring (bicyclic) bond motifs is 2. The summed E-state index contributed by atoms with van der Waals surface area (Å²) >= 11 is 7.93. The Bertz CT molecular complexity index is 1210. The number of halogens is 1. The highest BCUT2D eigenvalue weighted by atomic mass is 35.5. The number of nitrogens with zero attached hydrogens (tertiary/aromatic N) is 1. The van der Waals surface area contributed by atoms with Crippen LogP contribution in [0, 0.1) is 0 Å². The van der Waals surface area contributed by atoms with Crippen molar-refractivity contribution in [2.45, 2.75) is 12.5 Å². The van der Waals surface area contributed by atoms with Crippen LogP contribution in [0.5, 0.6) is 5.75 Å². The van der Waals surface area contributed by atoms with Crippen molar-refractivity contribution in [1.29, 1.82) is 0 Å². The van der Waals surface area contributed by atoms with E-state index in [4.69, 9.17) is 16.3 Å². The van der Waals surface area contributed by atoms with Crippen LogP contribution in [0.4, 0.5) is 0 Å². The van der Waals surface area contributed by atoms with E-state index in [-0.39, 0.29) is 6.61 Å². The lowest BCUT2D eigenvalue weighted by Crippen LogP contribution is -2.38. The summed E-state index contributed by atoms with van der Waals surface area (Å²) in [6.07, 6.45) is 4.64. The van der Waals surface area contributed by atoms with Gasteiger partial charge in [0.05, 0.1) is 0 Å². The van der Waals surface area contributed by atoms with Crippen LogP contribution in [0.15, 0.2) is 60.8 Å². The van der Waals surface area contributed by atoms with Gasteiger partial charge in [-0.1, -0.05) is 23.7 Å². The van der Waals surface area contributed by atoms with E-state index in [2.05, 4.69) is 28.1 Å². The number of aromatic nitrogens is 1. The molecule has 0 saturated heterocycles. The average Bonchev–Trinajstić information content (AvgIpc) is 3.39. The zero-order valence-electron chi connectivity index (χ0n) is 16.5. The monoisotopic (exact) mass is 438 g/mol. The van der Waals surface area contributed by atoms with Crippen LogP contribution >= 0.6 is 22.9 Å². The molecule has 5 rings (SSSR count). The summed E-state index contributed by atoms with van der Waals surface area (Å²) in [7, 11) is 0. The highest BCUT2D eigenvalue weighted by Gasteiger charge is 2.18. The summed E-state index contributed by atoms with van der Waals surface area (Å²) < 4.78 is 7.16. The Morgan fingerprint density at radius 1 is 1.20 bits per heavy atom. The van der Waals surface area contributed by atoms with Gasteiger partial charge in [-0.05, 0) is 59.8 Å². The van der Waals surface area contributed by atoms with Crippen LogP contribution in [0.2, 0.25) is 5.02 Å². The molecule has 1 atom stereocenters. The smallest absolute Gasteiger partial charge is 0.128 e. The van der Waals surface area contributed by atoms with Crippen LogP contribution in [-0.4, -0.2) is 47.3 Å². The molecule has 1 aliphatic heterocycles. The molecule has 2 aromatic carbocycles. The van der Waals surface area contributed by atoms with Crippen molar-refractivity contribution in [3.05, 3.63) is 70.7 Å². The highest BCUT2D eigenvalue weighted by Crippen LogP contribution is 2.34. The van der Waals surface area contributed by atoms with E-state index >= 15 is 0 Å². The number of aromatic amines is 1. The standard InChI is InChI=1S/C24H23ClN2O2S/c25-18-4-5-23-17(12-18)13-24(30-23)16-7-10-27(11-8-16)14-19(28)15-29-22-3-1-2-21-20(22)6-9-26-21/h1-7,9,12-13,19,26,28H,8,10-11,14-15H2/t19-/m0/s1. The van der Waals surface area contributed by atoms with Gasteiger partial charge in [0.15, 0.2) is 0 Å². The molecular formula is C24H23ClN2O2S. The number of H-pyrrole nitrogens is 1. The van der Waals surface area contributed by atoms with Gasteiger partial charge in [-0.3, -0.25) is 4.90 Å². The minimum atomic E-state index is -0.527. The first-order valence-corrected chi connectivity index (χ1v) is 11.3. The Morgan fingerprint density at radius 3 is 3.00 bits per heavy atom. The summed E-state index contributed by atoms with van der Waals surface area (Å²) in [4.78, 5) is 6.77. The summed E-state index contributed by atoms with van der Waals surface area (Å²) in [6, 6.07) is 16.2. The Labute approximate surface area is 184 Å². The van der Waals surface area contributed by atoms with Gasteiger partial charge in [-0.15, -0.1) is 11.3 Å². The van der Waals surface area contributed by atoms with Gasteiger partial charge < -0.3 is 14.8 Å². The van der Waals surface area contributed by atoms with Crippen molar-refractivity contribution < 1.29 is 9.84 Å². The maximum Gasteiger partial charge on any atom is 0.128 e.